The lowest BCUT2D eigenvalue weighted by Crippen LogP contribution is -2.46. The van der Waals surface area contributed by atoms with E-state index in [1.165, 1.54) is 10.9 Å². The van der Waals surface area contributed by atoms with Crippen molar-refractivity contribution in [2.45, 2.75) is 77.5 Å². The third-order valence-corrected chi connectivity index (χ3v) is 9.03. The molecular formula is C32H48N4O5. The summed E-state index contributed by atoms with van der Waals surface area (Å²) in [6, 6.07) is 6.67. The van der Waals surface area contributed by atoms with Crippen LogP contribution in [-0.4, -0.2) is 97.7 Å². The van der Waals surface area contributed by atoms with Crippen molar-refractivity contribution in [2.75, 3.05) is 53.2 Å². The number of rotatable bonds is 12. The second-order valence-electron chi connectivity index (χ2n) is 12.4. The summed E-state index contributed by atoms with van der Waals surface area (Å²) in [5, 5.41) is 4.66. The van der Waals surface area contributed by atoms with Crippen LogP contribution in [0.1, 0.15) is 61.9 Å². The maximum atomic E-state index is 13.9. The Morgan fingerprint density at radius 2 is 1.83 bits per heavy atom. The number of nitrogens with one attached hydrogen (secondary N) is 1. The number of aryl methyl sites for hydroxylation is 2. The molecule has 2 amide bonds. The van der Waals surface area contributed by atoms with Crippen molar-refractivity contribution in [3.05, 3.63) is 35.5 Å². The van der Waals surface area contributed by atoms with Crippen LogP contribution in [0.4, 0.5) is 4.79 Å². The molecule has 9 nitrogen and oxygen atoms in total. The molecule has 2 aromatic rings. The van der Waals surface area contributed by atoms with Gasteiger partial charge in [-0.3, -0.25) is 4.79 Å². The molecule has 1 saturated carbocycles. The molecule has 1 N–H and O–H groups in total. The Labute approximate surface area is 244 Å². The number of fused-ring (bicyclic) bond motifs is 1. The lowest BCUT2D eigenvalue weighted by molar-refractivity contribution is 0.0174. The molecule has 2 aliphatic heterocycles. The Morgan fingerprint density at radius 3 is 2.54 bits per heavy atom. The molecule has 0 spiro atoms. The van der Waals surface area contributed by atoms with Crippen molar-refractivity contribution in [1.29, 1.82) is 0 Å². The first-order chi connectivity index (χ1) is 19.9. The maximum absolute atomic E-state index is 13.9. The number of hydrogen-bond donors (Lipinski definition) is 1. The average Bonchev–Trinajstić information content (AvgIpc) is 3.62. The molecule has 2 saturated heterocycles. The Hall–Kier alpha value is -2.62. The minimum absolute atomic E-state index is 0.0475. The molecule has 1 aromatic carbocycles. The summed E-state index contributed by atoms with van der Waals surface area (Å²) >= 11 is 0. The zero-order chi connectivity index (χ0) is 28.9. The highest BCUT2D eigenvalue weighted by Gasteiger charge is 2.40. The van der Waals surface area contributed by atoms with Crippen LogP contribution in [0.25, 0.3) is 10.9 Å². The van der Waals surface area contributed by atoms with Crippen LogP contribution in [0.5, 0.6) is 0 Å². The highest BCUT2D eigenvalue weighted by molar-refractivity contribution is 5.98. The van der Waals surface area contributed by atoms with Gasteiger partial charge in [-0.15, -0.1) is 0 Å². The Bertz CT molecular complexity index is 1190. The van der Waals surface area contributed by atoms with E-state index in [1.54, 1.807) is 7.11 Å². The molecule has 9 heteroatoms. The summed E-state index contributed by atoms with van der Waals surface area (Å²) in [6.07, 6.45) is 6.80. The van der Waals surface area contributed by atoms with Gasteiger partial charge in [-0.25, -0.2) is 4.79 Å². The second kappa shape index (κ2) is 13.6. The highest BCUT2D eigenvalue weighted by atomic mass is 16.6. The predicted octanol–water partition coefficient (Wildman–Crippen LogP) is 4.45. The fraction of sp³-hybridized carbons (Fsp3) is 0.688. The molecule has 41 heavy (non-hydrogen) atoms. The molecule has 3 aliphatic rings. The first-order valence-corrected chi connectivity index (χ1v) is 15.5. The number of hydrogen-bond acceptors (Lipinski definition) is 6. The van der Waals surface area contributed by atoms with Crippen LogP contribution in [0.3, 0.4) is 0 Å². The fourth-order valence-electron chi connectivity index (χ4n) is 6.48. The van der Waals surface area contributed by atoms with E-state index in [2.05, 4.69) is 42.9 Å². The van der Waals surface area contributed by atoms with Crippen LogP contribution in [0.2, 0.25) is 0 Å². The molecule has 3 heterocycles. The van der Waals surface area contributed by atoms with Crippen molar-refractivity contribution < 1.29 is 23.8 Å². The molecule has 226 valence electrons. The monoisotopic (exact) mass is 568 g/mol. The van der Waals surface area contributed by atoms with Crippen molar-refractivity contribution in [2.24, 2.45) is 11.8 Å². The Kier molecular flexibility index (Phi) is 9.88. The topological polar surface area (TPSA) is 85.3 Å². The number of methoxy groups -OCH3 is 1. The Morgan fingerprint density at radius 1 is 1.10 bits per heavy atom. The van der Waals surface area contributed by atoms with E-state index >= 15 is 0 Å². The molecule has 0 bridgehead atoms. The molecular weight excluding hydrogens is 520 g/mol. The van der Waals surface area contributed by atoms with E-state index in [-0.39, 0.29) is 35.9 Å². The molecule has 1 aliphatic carbocycles. The number of benzene rings is 1. The lowest BCUT2D eigenvalue weighted by Gasteiger charge is -2.34. The van der Waals surface area contributed by atoms with E-state index in [9.17, 15) is 9.59 Å². The van der Waals surface area contributed by atoms with Gasteiger partial charge in [0.2, 0.25) is 0 Å². The third-order valence-electron chi connectivity index (χ3n) is 9.03. The fourth-order valence-corrected chi connectivity index (χ4v) is 6.48. The van der Waals surface area contributed by atoms with E-state index in [1.807, 2.05) is 21.9 Å². The molecule has 0 unspecified atom stereocenters. The van der Waals surface area contributed by atoms with Crippen LogP contribution in [0, 0.1) is 18.8 Å². The number of carbonyl (C=O) groups is 2. The minimum atomic E-state index is -0.182. The van der Waals surface area contributed by atoms with Crippen molar-refractivity contribution in [1.82, 2.24) is 19.7 Å². The summed E-state index contributed by atoms with van der Waals surface area (Å²) in [5.74, 6) is 0.439. The quantitative estimate of drug-likeness (QED) is 0.381. The average molecular weight is 569 g/mol. The largest absolute Gasteiger partial charge is 0.449 e. The second-order valence-corrected chi connectivity index (χ2v) is 12.4. The summed E-state index contributed by atoms with van der Waals surface area (Å²) in [5.41, 5.74) is 3.01. The zero-order valence-electron chi connectivity index (χ0n) is 25.3. The first kappa shape index (κ1) is 29.9. The molecule has 1 aromatic heterocycles. The number of amides is 2. The standard InChI is InChI=1S/C32H48N4O5/c1-22(2)35(31(37)24-6-9-29-23(3)19-34(30(29)16-24)12-5-13-39-4)20-25-17-33-18-26(25)21-41-32(38)36(27-7-8-27)28-10-14-40-15-11-28/h6,9,16,19,22,25-28,33H,5,7-8,10-15,17-18,20-21H2,1-4H3/t25-,26-/m0/s1. The van der Waals surface area contributed by atoms with Crippen molar-refractivity contribution >= 4 is 22.9 Å². The summed E-state index contributed by atoms with van der Waals surface area (Å²) in [4.78, 5) is 31.1. The number of aromatic nitrogens is 1. The smallest absolute Gasteiger partial charge is 0.410 e. The van der Waals surface area contributed by atoms with Crippen LogP contribution in [-0.2, 0) is 20.8 Å². The highest BCUT2D eigenvalue weighted by Crippen LogP contribution is 2.33. The minimum Gasteiger partial charge on any atom is -0.449 e. The van der Waals surface area contributed by atoms with Gasteiger partial charge in [-0.1, -0.05) is 6.07 Å². The van der Waals surface area contributed by atoms with Crippen molar-refractivity contribution in [3.8, 4) is 0 Å². The molecule has 0 radical (unpaired) electrons. The van der Waals surface area contributed by atoms with Gasteiger partial charge < -0.3 is 33.9 Å². The zero-order valence-corrected chi connectivity index (χ0v) is 25.3. The number of ether oxygens (including phenoxy) is 3. The van der Waals surface area contributed by atoms with Gasteiger partial charge >= 0.3 is 6.09 Å². The van der Waals surface area contributed by atoms with Crippen LogP contribution >= 0.6 is 0 Å². The normalized spacial score (nSPS) is 21.5. The maximum Gasteiger partial charge on any atom is 0.410 e. The third kappa shape index (κ3) is 7.07. The summed E-state index contributed by atoms with van der Waals surface area (Å²) in [7, 11) is 1.72. The lowest BCUT2D eigenvalue weighted by atomic mass is 9.95. The molecule has 2 atom stereocenters. The summed E-state index contributed by atoms with van der Waals surface area (Å²) < 4.78 is 18.9. The Balaban J connectivity index is 1.23. The van der Waals surface area contributed by atoms with E-state index in [4.69, 9.17) is 14.2 Å². The molecule has 3 fully saturated rings. The van der Waals surface area contributed by atoms with Gasteiger partial charge in [-0.2, -0.15) is 0 Å². The van der Waals surface area contributed by atoms with Gasteiger partial charge in [-0.05, 0) is 76.5 Å². The van der Waals surface area contributed by atoms with Gasteiger partial charge in [0.05, 0.1) is 6.61 Å². The first-order valence-electron chi connectivity index (χ1n) is 15.5. The van der Waals surface area contributed by atoms with Crippen LogP contribution < -0.4 is 5.32 Å². The van der Waals surface area contributed by atoms with Crippen molar-refractivity contribution in [3.63, 3.8) is 0 Å². The SMILES string of the molecule is COCCCn1cc(C)c2ccc(C(=O)N(C[C@@H]3CNC[C@H]3COC(=O)N(C3CCOCC3)C3CC3)C(C)C)cc21. The number of carbonyl (C=O) groups excluding carboxylic acids is 2. The predicted molar refractivity (Wildman–Crippen MR) is 159 cm³/mol. The van der Waals surface area contributed by atoms with Gasteiger partial charge in [0.25, 0.3) is 5.91 Å². The van der Waals surface area contributed by atoms with E-state index < -0.39 is 0 Å². The van der Waals surface area contributed by atoms with Gasteiger partial charge in [0.15, 0.2) is 0 Å². The van der Waals surface area contributed by atoms with E-state index in [0.29, 0.717) is 44.6 Å². The number of nitrogens with zero attached hydrogens (tertiary/aromatic N) is 3. The van der Waals surface area contributed by atoms with Crippen LogP contribution in [0.15, 0.2) is 24.4 Å². The van der Waals surface area contributed by atoms with E-state index in [0.717, 1.165) is 57.3 Å². The molecule has 5 rings (SSSR count). The van der Waals surface area contributed by atoms with Gasteiger partial charge in [0.1, 0.15) is 0 Å². The summed E-state index contributed by atoms with van der Waals surface area (Å²) in [6.45, 7) is 11.9. The van der Waals surface area contributed by atoms with Gasteiger partial charge in [0, 0.05) is 99.8 Å².